The quantitative estimate of drug-likeness (QED) is 0.329. The summed E-state index contributed by atoms with van der Waals surface area (Å²) >= 11 is 1.51. The summed E-state index contributed by atoms with van der Waals surface area (Å²) in [6.45, 7) is 3.90. The number of aliphatic carboxylic acids is 1. The molecule has 23 heavy (non-hydrogen) atoms. The summed E-state index contributed by atoms with van der Waals surface area (Å²) in [5.74, 6) is -0.279. The molecule has 1 N–H and O–H groups in total. The summed E-state index contributed by atoms with van der Waals surface area (Å²) in [5, 5.41) is 20.4. The molecule has 0 spiro atoms. The van der Waals surface area contributed by atoms with Gasteiger partial charge in [-0.15, -0.1) is 0 Å². The number of rotatable bonds is 16. The molecule has 132 valence electrons. The fourth-order valence-electron chi connectivity index (χ4n) is 2.40. The molecule has 0 saturated heterocycles. The third-order valence-electron chi connectivity index (χ3n) is 3.97. The van der Waals surface area contributed by atoms with Gasteiger partial charge in [0.05, 0.1) is 6.10 Å². The van der Waals surface area contributed by atoms with Gasteiger partial charge in [0.1, 0.15) is 0 Å². The minimum atomic E-state index is -1.00. The van der Waals surface area contributed by atoms with Gasteiger partial charge in [-0.1, -0.05) is 78.1 Å². The SMILES string of the molecule is CCCCCCCCCCCCC(O)CSCC(C)C(=O)[O-].[Na+]. The average Bonchev–Trinajstić information content (AvgIpc) is 2.49. The summed E-state index contributed by atoms with van der Waals surface area (Å²) in [4.78, 5) is 10.6. The van der Waals surface area contributed by atoms with E-state index < -0.39 is 11.9 Å². The van der Waals surface area contributed by atoms with E-state index in [9.17, 15) is 15.0 Å². The Bertz CT molecular complexity index is 265. The molecule has 0 aliphatic heterocycles. The summed E-state index contributed by atoms with van der Waals surface area (Å²) in [7, 11) is 0. The monoisotopic (exact) mass is 354 g/mol. The van der Waals surface area contributed by atoms with Gasteiger partial charge in [-0.3, -0.25) is 0 Å². The molecule has 2 atom stereocenters. The van der Waals surface area contributed by atoms with Crippen LogP contribution in [0.4, 0.5) is 0 Å². The van der Waals surface area contributed by atoms with E-state index in [0.717, 1.165) is 12.8 Å². The van der Waals surface area contributed by atoms with E-state index in [0.29, 0.717) is 11.5 Å². The van der Waals surface area contributed by atoms with E-state index in [1.165, 1.54) is 69.5 Å². The molecule has 3 nitrogen and oxygen atoms in total. The molecule has 0 aliphatic carbocycles. The maximum absolute atomic E-state index is 10.6. The molecule has 0 aromatic heterocycles. The van der Waals surface area contributed by atoms with Crippen LogP contribution in [0.2, 0.25) is 0 Å². The average molecular weight is 355 g/mol. The van der Waals surface area contributed by atoms with Crippen molar-refractivity contribution in [2.24, 2.45) is 5.92 Å². The Balaban J connectivity index is 0. The molecule has 0 aromatic rings. The van der Waals surface area contributed by atoms with Crippen molar-refractivity contribution >= 4 is 17.7 Å². The van der Waals surface area contributed by atoms with Crippen LogP contribution in [0.15, 0.2) is 0 Å². The van der Waals surface area contributed by atoms with Gasteiger partial charge in [-0.2, -0.15) is 11.8 Å². The number of carbonyl (C=O) groups is 1. The zero-order chi connectivity index (χ0) is 16.6. The second kappa shape index (κ2) is 19.1. The first-order chi connectivity index (χ1) is 10.6. The van der Waals surface area contributed by atoms with Gasteiger partial charge in [0.2, 0.25) is 0 Å². The van der Waals surface area contributed by atoms with Gasteiger partial charge in [0.25, 0.3) is 0 Å². The van der Waals surface area contributed by atoms with Gasteiger partial charge >= 0.3 is 29.6 Å². The number of carboxylic acid groups (broad SMARTS) is 1. The van der Waals surface area contributed by atoms with Crippen molar-refractivity contribution in [3.05, 3.63) is 0 Å². The number of hydrogen-bond donors (Lipinski definition) is 1. The fraction of sp³-hybridized carbons (Fsp3) is 0.944. The number of aliphatic hydroxyl groups is 1. The Labute approximate surface area is 169 Å². The first-order valence-electron chi connectivity index (χ1n) is 9.04. The molecule has 0 amide bonds. The van der Waals surface area contributed by atoms with Crippen LogP contribution < -0.4 is 34.7 Å². The van der Waals surface area contributed by atoms with E-state index in [1.807, 2.05) is 0 Å². The zero-order valence-electron chi connectivity index (χ0n) is 15.5. The Morgan fingerprint density at radius 1 is 0.957 bits per heavy atom. The molecule has 0 rings (SSSR count). The van der Waals surface area contributed by atoms with Crippen LogP contribution in [-0.2, 0) is 4.79 Å². The smallest absolute Gasteiger partial charge is 0.550 e. The summed E-state index contributed by atoms with van der Waals surface area (Å²) < 4.78 is 0. The number of aliphatic hydroxyl groups excluding tert-OH is 1. The van der Waals surface area contributed by atoms with Gasteiger partial charge < -0.3 is 15.0 Å². The Morgan fingerprint density at radius 3 is 1.91 bits per heavy atom. The van der Waals surface area contributed by atoms with Crippen molar-refractivity contribution in [1.82, 2.24) is 0 Å². The second-order valence-electron chi connectivity index (χ2n) is 6.38. The molecule has 0 fully saturated rings. The van der Waals surface area contributed by atoms with Crippen LogP contribution in [0.5, 0.6) is 0 Å². The summed E-state index contributed by atoms with van der Waals surface area (Å²) in [5.41, 5.74) is 0. The maximum atomic E-state index is 10.6. The van der Waals surface area contributed by atoms with Crippen molar-refractivity contribution in [2.75, 3.05) is 11.5 Å². The molecule has 2 unspecified atom stereocenters. The topological polar surface area (TPSA) is 60.4 Å². The first kappa shape index (κ1) is 26.0. The van der Waals surface area contributed by atoms with Gasteiger partial charge in [-0.25, -0.2) is 0 Å². The van der Waals surface area contributed by atoms with Crippen LogP contribution in [0.25, 0.3) is 0 Å². The number of hydrogen-bond acceptors (Lipinski definition) is 4. The molecular formula is C18H35NaO3S. The minimum absolute atomic E-state index is 0. The van der Waals surface area contributed by atoms with E-state index in [2.05, 4.69) is 6.92 Å². The predicted molar refractivity (Wildman–Crippen MR) is 94.0 cm³/mol. The van der Waals surface area contributed by atoms with E-state index in [4.69, 9.17) is 0 Å². The van der Waals surface area contributed by atoms with Crippen LogP contribution >= 0.6 is 11.8 Å². The van der Waals surface area contributed by atoms with Crippen molar-refractivity contribution in [2.45, 2.75) is 90.6 Å². The standard InChI is InChI=1S/C18H36O3S.Na/c1-3-4-5-6-7-8-9-10-11-12-13-17(19)15-22-14-16(2)18(20)21;/h16-17,19H,3-15H2,1-2H3,(H,20,21);/q;+1/p-1. The third kappa shape index (κ3) is 19.0. The normalized spacial score (nSPS) is 13.3. The predicted octanol–water partition coefficient (Wildman–Crippen LogP) is 0.782. The van der Waals surface area contributed by atoms with Crippen molar-refractivity contribution < 1.29 is 44.6 Å². The fourth-order valence-corrected chi connectivity index (χ4v) is 3.46. The van der Waals surface area contributed by atoms with Crippen LogP contribution in [-0.4, -0.2) is 28.7 Å². The van der Waals surface area contributed by atoms with Crippen LogP contribution in [0.1, 0.15) is 84.5 Å². The number of carboxylic acids is 1. The van der Waals surface area contributed by atoms with Crippen molar-refractivity contribution in [3.8, 4) is 0 Å². The first-order valence-corrected chi connectivity index (χ1v) is 10.2. The molecule has 0 radical (unpaired) electrons. The summed E-state index contributed by atoms with van der Waals surface area (Å²) in [6.07, 6.45) is 13.6. The van der Waals surface area contributed by atoms with Crippen molar-refractivity contribution in [1.29, 1.82) is 0 Å². The summed E-state index contributed by atoms with van der Waals surface area (Å²) in [6, 6.07) is 0. The second-order valence-corrected chi connectivity index (χ2v) is 7.46. The Kier molecular flexibility index (Phi) is 21.6. The molecule has 5 heteroatoms. The molecule has 0 bridgehead atoms. The van der Waals surface area contributed by atoms with E-state index in [-0.39, 0.29) is 35.7 Å². The van der Waals surface area contributed by atoms with E-state index in [1.54, 1.807) is 6.92 Å². The largest absolute Gasteiger partial charge is 1.00 e. The van der Waals surface area contributed by atoms with E-state index >= 15 is 0 Å². The van der Waals surface area contributed by atoms with Gasteiger partial charge in [-0.05, 0) is 6.42 Å². The molecule has 0 saturated carbocycles. The Morgan fingerprint density at radius 2 is 1.43 bits per heavy atom. The molecule has 0 aliphatic rings. The Hall–Kier alpha value is 0.780. The zero-order valence-corrected chi connectivity index (χ0v) is 18.3. The van der Waals surface area contributed by atoms with Crippen LogP contribution in [0.3, 0.4) is 0 Å². The van der Waals surface area contributed by atoms with Gasteiger partial charge in [0.15, 0.2) is 0 Å². The number of unbranched alkanes of at least 4 members (excludes halogenated alkanes) is 9. The third-order valence-corrected chi connectivity index (χ3v) is 5.33. The number of thioether (sulfide) groups is 1. The molecule has 0 aromatic carbocycles. The van der Waals surface area contributed by atoms with Gasteiger partial charge in [0, 0.05) is 23.4 Å². The minimum Gasteiger partial charge on any atom is -0.550 e. The number of carbonyl (C=O) groups excluding carboxylic acids is 1. The van der Waals surface area contributed by atoms with Crippen molar-refractivity contribution in [3.63, 3.8) is 0 Å². The molecular weight excluding hydrogens is 319 g/mol. The molecule has 0 heterocycles. The maximum Gasteiger partial charge on any atom is 1.00 e. The van der Waals surface area contributed by atoms with Crippen LogP contribution in [0, 0.1) is 5.92 Å².